The summed E-state index contributed by atoms with van der Waals surface area (Å²) in [5.74, 6) is 3.21. The Bertz CT molecular complexity index is 1190. The average molecular weight is 408 g/mol. The largest absolute Gasteiger partial charge is 0.425 e. The number of hydrogen-bond donors (Lipinski definition) is 1. The van der Waals surface area contributed by atoms with Gasteiger partial charge in [-0.05, 0) is 68.4 Å². The minimum atomic E-state index is -0.406. The Kier molecular flexibility index (Phi) is 3.86. The Labute approximate surface area is 173 Å². The molecule has 7 heteroatoms. The van der Waals surface area contributed by atoms with Gasteiger partial charge in [0.2, 0.25) is 0 Å². The molecule has 30 heavy (non-hydrogen) atoms. The van der Waals surface area contributed by atoms with Gasteiger partial charge in [-0.25, -0.2) is 9.37 Å². The smallest absolute Gasteiger partial charge is 0.304 e. The van der Waals surface area contributed by atoms with Crippen LogP contribution in [0.15, 0.2) is 29.1 Å². The van der Waals surface area contributed by atoms with E-state index in [1.807, 2.05) is 0 Å². The first kappa shape index (κ1) is 18.1. The van der Waals surface area contributed by atoms with Gasteiger partial charge < -0.3 is 9.30 Å². The maximum atomic E-state index is 13.5. The summed E-state index contributed by atoms with van der Waals surface area (Å²) in [6, 6.07) is 5.83. The van der Waals surface area contributed by atoms with Gasteiger partial charge in [0, 0.05) is 18.0 Å². The number of aromatic nitrogens is 4. The molecule has 0 aliphatic heterocycles. The van der Waals surface area contributed by atoms with Crippen molar-refractivity contribution in [1.29, 1.82) is 0 Å². The van der Waals surface area contributed by atoms with Crippen molar-refractivity contribution in [3.8, 4) is 11.8 Å². The van der Waals surface area contributed by atoms with Crippen molar-refractivity contribution in [3.05, 3.63) is 46.3 Å². The number of hydrogen-bond acceptors (Lipinski definition) is 4. The third-order valence-corrected chi connectivity index (χ3v) is 7.49. The van der Waals surface area contributed by atoms with Crippen LogP contribution in [-0.4, -0.2) is 19.5 Å². The van der Waals surface area contributed by atoms with E-state index in [0.29, 0.717) is 17.1 Å². The Balaban J connectivity index is 1.47. The highest BCUT2D eigenvalue weighted by Gasteiger charge is 2.60. The number of imidazole rings is 1. The van der Waals surface area contributed by atoms with Crippen LogP contribution in [0.1, 0.15) is 51.3 Å². The van der Waals surface area contributed by atoms with E-state index in [-0.39, 0.29) is 22.7 Å². The van der Waals surface area contributed by atoms with Crippen molar-refractivity contribution in [2.45, 2.75) is 57.4 Å². The number of benzene rings is 1. The molecule has 4 aliphatic rings. The number of rotatable bonds is 5. The predicted octanol–water partition coefficient (Wildman–Crippen LogP) is 4.54. The number of aryl methyl sites for hydroxylation is 1. The van der Waals surface area contributed by atoms with E-state index in [1.165, 1.54) is 44.2 Å². The van der Waals surface area contributed by atoms with Crippen LogP contribution in [0.5, 0.6) is 11.8 Å². The van der Waals surface area contributed by atoms with Crippen LogP contribution in [0.2, 0.25) is 0 Å². The van der Waals surface area contributed by atoms with Crippen molar-refractivity contribution < 1.29 is 9.13 Å². The van der Waals surface area contributed by atoms with E-state index in [4.69, 9.17) is 9.72 Å². The van der Waals surface area contributed by atoms with Crippen molar-refractivity contribution >= 4 is 11.2 Å². The Morgan fingerprint density at radius 2 is 2.03 bits per heavy atom. The first-order valence-electron chi connectivity index (χ1n) is 11.0. The number of nitrogens with zero attached hydrogens (tertiary/aromatic N) is 3. The number of aromatic amines is 1. The molecule has 0 amide bonds. The Morgan fingerprint density at radius 1 is 1.23 bits per heavy atom. The molecular formula is C23H25FN4O2. The first-order chi connectivity index (χ1) is 14.6. The van der Waals surface area contributed by atoms with Crippen LogP contribution in [0.4, 0.5) is 4.39 Å². The van der Waals surface area contributed by atoms with E-state index >= 15 is 0 Å². The number of nitrogens with one attached hydrogen (secondary N) is 1. The maximum absolute atomic E-state index is 13.5. The highest BCUT2D eigenvalue weighted by Crippen LogP contribution is 2.65. The molecular weight excluding hydrogens is 383 g/mol. The van der Waals surface area contributed by atoms with E-state index < -0.39 is 5.82 Å². The van der Waals surface area contributed by atoms with Crippen LogP contribution in [0.25, 0.3) is 11.2 Å². The van der Waals surface area contributed by atoms with Crippen LogP contribution in [-0.2, 0) is 12.0 Å². The van der Waals surface area contributed by atoms with Gasteiger partial charge in [-0.2, -0.15) is 4.98 Å². The molecule has 0 saturated heterocycles. The Hall–Kier alpha value is -2.70. The van der Waals surface area contributed by atoms with Gasteiger partial charge in [0.05, 0.1) is 0 Å². The lowest BCUT2D eigenvalue weighted by Gasteiger charge is -2.32. The molecule has 3 aromatic rings. The molecule has 7 rings (SSSR count). The molecule has 2 atom stereocenters. The summed E-state index contributed by atoms with van der Waals surface area (Å²) in [6.45, 7) is 2.87. The zero-order valence-corrected chi connectivity index (χ0v) is 17.0. The second kappa shape index (κ2) is 6.40. The fourth-order valence-electron chi connectivity index (χ4n) is 6.70. The van der Waals surface area contributed by atoms with Crippen molar-refractivity contribution in [3.63, 3.8) is 0 Å². The topological polar surface area (TPSA) is 72.8 Å². The molecule has 0 radical (unpaired) electrons. The van der Waals surface area contributed by atoms with E-state index in [2.05, 4.69) is 21.5 Å². The normalized spacial score (nSPS) is 29.2. The number of ether oxygens (including phenoxy) is 1. The highest BCUT2D eigenvalue weighted by molar-refractivity contribution is 5.71. The van der Waals surface area contributed by atoms with Crippen molar-refractivity contribution in [1.82, 2.24) is 19.5 Å². The molecule has 1 aromatic carbocycles. The summed E-state index contributed by atoms with van der Waals surface area (Å²) in [5, 5.41) is 0. The summed E-state index contributed by atoms with van der Waals surface area (Å²) in [4.78, 5) is 25.2. The van der Waals surface area contributed by atoms with E-state index in [0.717, 1.165) is 30.6 Å². The number of halogens is 1. The molecule has 4 fully saturated rings. The molecule has 156 valence electrons. The van der Waals surface area contributed by atoms with Crippen LogP contribution >= 0.6 is 0 Å². The van der Waals surface area contributed by atoms with Crippen molar-refractivity contribution in [2.75, 3.05) is 0 Å². The quantitative estimate of drug-likeness (QED) is 0.673. The monoisotopic (exact) mass is 408 g/mol. The van der Waals surface area contributed by atoms with Gasteiger partial charge in [0.1, 0.15) is 17.4 Å². The minimum Gasteiger partial charge on any atom is -0.425 e. The molecule has 2 unspecified atom stereocenters. The molecule has 4 saturated carbocycles. The lowest BCUT2D eigenvalue weighted by molar-refractivity contribution is 0.258. The summed E-state index contributed by atoms with van der Waals surface area (Å²) in [5.41, 5.74) is 0.792. The van der Waals surface area contributed by atoms with Crippen LogP contribution < -0.4 is 10.3 Å². The SMILES string of the molecule is CCCn1c(C23CC4CC(CC2C4)C3)nc2nc(Oc3cccc(F)c3)[nH]c(=O)c21. The molecule has 4 bridgehead atoms. The van der Waals surface area contributed by atoms with Gasteiger partial charge >= 0.3 is 6.01 Å². The number of fused-ring (bicyclic) bond motifs is 1. The first-order valence-corrected chi connectivity index (χ1v) is 11.0. The summed E-state index contributed by atoms with van der Waals surface area (Å²) >= 11 is 0. The average Bonchev–Trinajstić information content (AvgIpc) is 3.27. The third kappa shape index (κ3) is 2.57. The molecule has 0 spiro atoms. The lowest BCUT2D eigenvalue weighted by Crippen LogP contribution is -2.32. The molecule has 4 aliphatic carbocycles. The minimum absolute atomic E-state index is 0.0422. The second-order valence-corrected chi connectivity index (χ2v) is 9.39. The van der Waals surface area contributed by atoms with Crippen molar-refractivity contribution in [2.24, 2.45) is 17.8 Å². The molecule has 2 heterocycles. The number of H-pyrrole nitrogens is 1. The summed E-state index contributed by atoms with van der Waals surface area (Å²) in [7, 11) is 0. The fourth-order valence-corrected chi connectivity index (χ4v) is 6.70. The second-order valence-electron chi connectivity index (χ2n) is 9.39. The maximum Gasteiger partial charge on any atom is 0.304 e. The third-order valence-electron chi connectivity index (χ3n) is 7.49. The van der Waals surface area contributed by atoms with E-state index in [9.17, 15) is 9.18 Å². The summed E-state index contributed by atoms with van der Waals surface area (Å²) in [6.07, 6.45) is 7.24. The predicted molar refractivity (Wildman–Crippen MR) is 110 cm³/mol. The molecule has 2 aromatic heterocycles. The molecule has 1 N–H and O–H groups in total. The lowest BCUT2D eigenvalue weighted by atomic mass is 9.75. The summed E-state index contributed by atoms with van der Waals surface area (Å²) < 4.78 is 21.2. The van der Waals surface area contributed by atoms with E-state index in [1.54, 1.807) is 12.1 Å². The van der Waals surface area contributed by atoms with Gasteiger partial charge in [-0.1, -0.05) is 13.0 Å². The Morgan fingerprint density at radius 3 is 2.77 bits per heavy atom. The fraction of sp³-hybridized carbons (Fsp3) is 0.522. The van der Waals surface area contributed by atoms with Gasteiger partial charge in [0.15, 0.2) is 11.2 Å². The van der Waals surface area contributed by atoms with Gasteiger partial charge in [0.25, 0.3) is 5.56 Å². The zero-order chi connectivity index (χ0) is 20.5. The zero-order valence-electron chi connectivity index (χ0n) is 17.0. The highest BCUT2D eigenvalue weighted by atomic mass is 19.1. The van der Waals surface area contributed by atoms with Crippen LogP contribution in [0.3, 0.4) is 0 Å². The van der Waals surface area contributed by atoms with Gasteiger partial charge in [-0.3, -0.25) is 9.78 Å². The molecule has 6 nitrogen and oxygen atoms in total. The standard InChI is InChI=1S/C23H25FN4O2/c1-2-6-28-18-19(25-21(28)23-11-13-7-14(12-23)9-15(23)8-13)26-22(27-20(18)29)30-17-5-3-4-16(24)10-17/h3-5,10,13-15H,2,6-9,11-12H2,1H3,(H,26,27,29). The van der Waals surface area contributed by atoms with Crippen LogP contribution in [0, 0.1) is 23.6 Å². The van der Waals surface area contributed by atoms with Gasteiger partial charge in [-0.15, -0.1) is 0 Å².